The van der Waals surface area contributed by atoms with Crippen LogP contribution >= 0.6 is 0 Å². The van der Waals surface area contributed by atoms with Crippen LogP contribution < -0.4 is 0 Å². The molecule has 2 rings (SSSR count). The number of carbonyl (C=O) groups is 1. The van der Waals surface area contributed by atoms with Gasteiger partial charge in [0.1, 0.15) is 5.75 Å². The highest BCUT2D eigenvalue weighted by atomic mass is 16.3. The zero-order valence-electron chi connectivity index (χ0n) is 9.53. The second kappa shape index (κ2) is 4.31. The number of terminal acetylenes is 1. The molecule has 0 spiro atoms. The van der Waals surface area contributed by atoms with Crippen molar-refractivity contribution in [3.63, 3.8) is 0 Å². The normalized spacial score (nSPS) is 10.1. The van der Waals surface area contributed by atoms with E-state index in [1.807, 2.05) is 18.2 Å². The van der Waals surface area contributed by atoms with Crippen LogP contribution in [0.15, 0.2) is 30.3 Å². The number of rotatable bonds is 2. The number of phenolic OH excluding ortho intramolecular Hbond substituents is 1. The maximum Gasteiger partial charge on any atom is 0.163 e. The van der Waals surface area contributed by atoms with Crippen molar-refractivity contribution in [1.82, 2.24) is 0 Å². The van der Waals surface area contributed by atoms with Crippen LogP contribution in [0.1, 0.15) is 22.8 Å². The van der Waals surface area contributed by atoms with Crippen molar-refractivity contribution >= 4 is 16.6 Å². The van der Waals surface area contributed by atoms with E-state index in [0.717, 1.165) is 10.9 Å². The highest BCUT2D eigenvalue weighted by Gasteiger charge is 2.13. The Balaban J connectivity index is 2.85. The zero-order chi connectivity index (χ0) is 12.4. The van der Waals surface area contributed by atoms with E-state index < -0.39 is 0 Å². The van der Waals surface area contributed by atoms with E-state index in [4.69, 9.17) is 6.42 Å². The summed E-state index contributed by atoms with van der Waals surface area (Å²) in [4.78, 5) is 11.5. The van der Waals surface area contributed by atoms with Crippen molar-refractivity contribution in [2.75, 3.05) is 0 Å². The Hall–Kier alpha value is -2.27. The van der Waals surface area contributed by atoms with Gasteiger partial charge >= 0.3 is 0 Å². The summed E-state index contributed by atoms with van der Waals surface area (Å²) >= 11 is 0. The van der Waals surface area contributed by atoms with Gasteiger partial charge in [-0.3, -0.25) is 4.79 Å². The second-order valence-electron chi connectivity index (χ2n) is 3.91. The van der Waals surface area contributed by atoms with E-state index in [9.17, 15) is 9.90 Å². The molecule has 2 heteroatoms. The molecule has 0 saturated heterocycles. The second-order valence-corrected chi connectivity index (χ2v) is 3.91. The number of phenols is 1. The van der Waals surface area contributed by atoms with Gasteiger partial charge in [0.25, 0.3) is 0 Å². The molecule has 0 aliphatic heterocycles. The molecule has 0 aliphatic rings. The lowest BCUT2D eigenvalue weighted by atomic mass is 9.96. The fourth-order valence-electron chi connectivity index (χ4n) is 1.96. The molecule has 2 aromatic rings. The summed E-state index contributed by atoms with van der Waals surface area (Å²) < 4.78 is 0. The molecule has 0 amide bonds. The minimum atomic E-state index is -0.161. The molecule has 0 aromatic heterocycles. The largest absolute Gasteiger partial charge is 0.507 e. The van der Waals surface area contributed by atoms with Gasteiger partial charge in [-0.1, -0.05) is 24.3 Å². The molecule has 2 aromatic carbocycles. The van der Waals surface area contributed by atoms with Crippen LogP contribution in [-0.4, -0.2) is 10.9 Å². The molecule has 0 saturated carbocycles. The molecular formula is C15H12O2. The Morgan fingerprint density at radius 2 is 2.00 bits per heavy atom. The number of benzene rings is 2. The minimum absolute atomic E-state index is 0.0360. The summed E-state index contributed by atoms with van der Waals surface area (Å²) in [5.74, 6) is 2.44. The average Bonchev–Trinajstić information content (AvgIpc) is 2.33. The van der Waals surface area contributed by atoms with E-state index in [0.29, 0.717) is 17.4 Å². The number of ketones is 1. The first kappa shape index (κ1) is 11.2. The predicted octanol–water partition coefficient (Wildman–Crippen LogP) is 2.92. The van der Waals surface area contributed by atoms with Crippen LogP contribution in [0.25, 0.3) is 10.8 Å². The molecule has 17 heavy (non-hydrogen) atoms. The summed E-state index contributed by atoms with van der Waals surface area (Å²) in [6, 6.07) is 9.07. The topological polar surface area (TPSA) is 37.3 Å². The van der Waals surface area contributed by atoms with Crippen LogP contribution in [0, 0.1) is 12.3 Å². The van der Waals surface area contributed by atoms with Gasteiger partial charge < -0.3 is 5.11 Å². The molecular weight excluding hydrogens is 212 g/mol. The monoisotopic (exact) mass is 224 g/mol. The highest BCUT2D eigenvalue weighted by Crippen LogP contribution is 2.32. The van der Waals surface area contributed by atoms with Gasteiger partial charge in [-0.05, 0) is 23.9 Å². The number of hydrogen-bond donors (Lipinski definition) is 1. The zero-order valence-corrected chi connectivity index (χ0v) is 9.53. The van der Waals surface area contributed by atoms with Gasteiger partial charge in [0, 0.05) is 11.8 Å². The maximum atomic E-state index is 11.5. The van der Waals surface area contributed by atoms with Crippen molar-refractivity contribution in [2.24, 2.45) is 0 Å². The Morgan fingerprint density at radius 1 is 1.35 bits per heavy atom. The van der Waals surface area contributed by atoms with E-state index in [1.165, 1.54) is 6.92 Å². The fraction of sp³-hybridized carbons (Fsp3) is 0.133. The van der Waals surface area contributed by atoms with E-state index in [2.05, 4.69) is 5.92 Å². The van der Waals surface area contributed by atoms with Crippen LogP contribution in [-0.2, 0) is 6.42 Å². The molecule has 0 heterocycles. The summed E-state index contributed by atoms with van der Waals surface area (Å²) in [6.45, 7) is 1.43. The number of Topliss-reactive ketones (excluding diaryl/α,β-unsaturated/α-hetero) is 1. The van der Waals surface area contributed by atoms with Crippen LogP contribution in [0.2, 0.25) is 0 Å². The van der Waals surface area contributed by atoms with Gasteiger partial charge in [0.05, 0.1) is 5.56 Å². The van der Waals surface area contributed by atoms with Crippen molar-refractivity contribution < 1.29 is 9.90 Å². The lowest BCUT2D eigenvalue weighted by Gasteiger charge is -2.09. The molecule has 84 valence electrons. The van der Waals surface area contributed by atoms with E-state index in [-0.39, 0.29) is 11.5 Å². The Morgan fingerprint density at radius 3 is 2.59 bits per heavy atom. The van der Waals surface area contributed by atoms with Gasteiger partial charge in [0.2, 0.25) is 0 Å². The first-order valence-corrected chi connectivity index (χ1v) is 5.33. The predicted molar refractivity (Wildman–Crippen MR) is 68.2 cm³/mol. The number of hydrogen-bond acceptors (Lipinski definition) is 2. The molecule has 0 fully saturated rings. The van der Waals surface area contributed by atoms with Crippen molar-refractivity contribution in [1.29, 1.82) is 0 Å². The fourth-order valence-corrected chi connectivity index (χ4v) is 1.96. The standard InChI is InChI=1S/C15H12O2/c1-3-6-11-9-14(10(2)16)15(17)13-8-5-4-7-12(11)13/h1,4-5,7-9,17H,6H2,2H3. The first-order chi connectivity index (χ1) is 8.15. The highest BCUT2D eigenvalue weighted by molar-refractivity contribution is 6.04. The quantitative estimate of drug-likeness (QED) is 0.629. The molecule has 0 atom stereocenters. The van der Waals surface area contributed by atoms with Gasteiger partial charge in [-0.25, -0.2) is 0 Å². The van der Waals surface area contributed by atoms with E-state index in [1.54, 1.807) is 12.1 Å². The van der Waals surface area contributed by atoms with Crippen LogP contribution in [0.4, 0.5) is 0 Å². The minimum Gasteiger partial charge on any atom is -0.507 e. The number of fused-ring (bicyclic) bond motifs is 1. The average molecular weight is 224 g/mol. The summed E-state index contributed by atoms with van der Waals surface area (Å²) in [7, 11) is 0. The molecule has 1 N–H and O–H groups in total. The van der Waals surface area contributed by atoms with Crippen molar-refractivity contribution in [3.8, 4) is 18.1 Å². The summed E-state index contributed by atoms with van der Waals surface area (Å²) in [5.41, 5.74) is 1.22. The summed E-state index contributed by atoms with van der Waals surface area (Å²) in [5, 5.41) is 11.6. The molecule has 0 aliphatic carbocycles. The lowest BCUT2D eigenvalue weighted by molar-refractivity contribution is 0.101. The van der Waals surface area contributed by atoms with Crippen LogP contribution in [0.3, 0.4) is 0 Å². The van der Waals surface area contributed by atoms with E-state index >= 15 is 0 Å². The molecule has 0 bridgehead atoms. The Bertz CT molecular complexity index is 633. The van der Waals surface area contributed by atoms with Crippen molar-refractivity contribution in [3.05, 3.63) is 41.5 Å². The van der Waals surface area contributed by atoms with Gasteiger partial charge in [-0.15, -0.1) is 12.3 Å². The smallest absolute Gasteiger partial charge is 0.163 e. The SMILES string of the molecule is C#CCc1cc(C(C)=O)c(O)c2ccccc12. The maximum absolute atomic E-state index is 11.5. The van der Waals surface area contributed by atoms with Crippen molar-refractivity contribution in [2.45, 2.75) is 13.3 Å². The van der Waals surface area contributed by atoms with Gasteiger partial charge in [0.15, 0.2) is 5.78 Å². The molecule has 2 nitrogen and oxygen atoms in total. The lowest BCUT2D eigenvalue weighted by Crippen LogP contribution is -1.97. The third-order valence-corrected chi connectivity index (χ3v) is 2.77. The number of aromatic hydroxyl groups is 1. The summed E-state index contributed by atoms with van der Waals surface area (Å²) in [6.07, 6.45) is 5.76. The third-order valence-electron chi connectivity index (χ3n) is 2.77. The number of carbonyl (C=O) groups excluding carboxylic acids is 1. The first-order valence-electron chi connectivity index (χ1n) is 5.33. The third kappa shape index (κ3) is 1.88. The van der Waals surface area contributed by atoms with Gasteiger partial charge in [-0.2, -0.15) is 0 Å². The Labute approximate surface area is 99.9 Å². The Kier molecular flexibility index (Phi) is 2.84. The van der Waals surface area contributed by atoms with Crippen LogP contribution in [0.5, 0.6) is 5.75 Å². The molecule has 0 radical (unpaired) electrons. The molecule has 0 unspecified atom stereocenters.